The number of nitrogen functional groups attached to an aromatic ring is 1. The monoisotopic (exact) mass is 521 g/mol. The van der Waals surface area contributed by atoms with E-state index in [9.17, 15) is 4.79 Å². The van der Waals surface area contributed by atoms with Crippen LogP contribution in [0.1, 0.15) is 29.6 Å². The van der Waals surface area contributed by atoms with Gasteiger partial charge >= 0.3 is 0 Å². The fraction of sp³-hybridized carbons (Fsp3) is 0.138. The zero-order valence-corrected chi connectivity index (χ0v) is 21.4. The van der Waals surface area contributed by atoms with Crippen LogP contribution in [0.4, 0.5) is 11.6 Å². The van der Waals surface area contributed by atoms with Crippen LogP contribution in [0.25, 0.3) is 16.6 Å². The van der Waals surface area contributed by atoms with Crippen LogP contribution in [0.2, 0.25) is 5.02 Å². The summed E-state index contributed by atoms with van der Waals surface area (Å²) in [6.45, 7) is 2.49. The maximum atomic E-state index is 13.5. The highest BCUT2D eigenvalue weighted by molar-refractivity contribution is 6.35. The van der Waals surface area contributed by atoms with Gasteiger partial charge in [0.15, 0.2) is 0 Å². The predicted molar refractivity (Wildman–Crippen MR) is 151 cm³/mol. The summed E-state index contributed by atoms with van der Waals surface area (Å²) >= 11 is 6.37. The number of aryl methyl sites for hydroxylation is 1. The molecule has 3 aromatic heterocycles. The standard InChI is InChI=1S/C29H24ClN7O/c1-2-19-13-15-32-20(17-19)11-12-22-27(31)34-18-35-28(22)33-16-14-25-36-24-10-6-9-23(30)26(24)29(38)37(25)21-7-4-3-5-8-21/h3-10,13,15,17-18H,2,14,16H2,1H3,(H3,31,33,34,35). The first-order valence-corrected chi connectivity index (χ1v) is 12.5. The van der Waals surface area contributed by atoms with Crippen molar-refractivity contribution in [1.82, 2.24) is 24.5 Å². The SMILES string of the molecule is CCc1ccnc(C#Cc2c(N)ncnc2NCCc2nc3cccc(Cl)c3c(=O)n2-c2ccccc2)c1. The van der Waals surface area contributed by atoms with Crippen LogP contribution in [-0.2, 0) is 12.8 Å². The molecule has 0 amide bonds. The van der Waals surface area contributed by atoms with Gasteiger partial charge in [0.2, 0.25) is 0 Å². The zero-order chi connectivity index (χ0) is 26.5. The number of anilines is 2. The summed E-state index contributed by atoms with van der Waals surface area (Å²) in [5, 5.41) is 4.04. The van der Waals surface area contributed by atoms with Gasteiger partial charge in [0, 0.05) is 19.2 Å². The first-order chi connectivity index (χ1) is 18.5. The van der Waals surface area contributed by atoms with E-state index in [2.05, 4.69) is 39.0 Å². The van der Waals surface area contributed by atoms with Gasteiger partial charge in [-0.3, -0.25) is 9.36 Å². The lowest BCUT2D eigenvalue weighted by Gasteiger charge is -2.15. The highest BCUT2D eigenvalue weighted by atomic mass is 35.5. The molecule has 0 aliphatic heterocycles. The highest BCUT2D eigenvalue weighted by Crippen LogP contribution is 2.21. The summed E-state index contributed by atoms with van der Waals surface area (Å²) in [4.78, 5) is 31.1. The quantitative estimate of drug-likeness (QED) is 0.318. The Labute approximate surface area is 224 Å². The molecule has 3 heterocycles. The molecule has 5 rings (SSSR count). The van der Waals surface area contributed by atoms with Gasteiger partial charge in [-0.05, 0) is 54.3 Å². The Morgan fingerprint density at radius 2 is 1.87 bits per heavy atom. The third-order valence-electron chi connectivity index (χ3n) is 6.00. The number of benzene rings is 2. The number of halogens is 1. The summed E-state index contributed by atoms with van der Waals surface area (Å²) in [6.07, 6.45) is 4.44. The molecule has 3 N–H and O–H groups in total. The predicted octanol–water partition coefficient (Wildman–Crippen LogP) is 4.42. The molecule has 2 aromatic carbocycles. The van der Waals surface area contributed by atoms with E-state index < -0.39 is 0 Å². The van der Waals surface area contributed by atoms with Crippen molar-refractivity contribution in [1.29, 1.82) is 0 Å². The minimum atomic E-state index is -0.221. The van der Waals surface area contributed by atoms with Crippen molar-refractivity contribution in [2.75, 3.05) is 17.6 Å². The largest absolute Gasteiger partial charge is 0.382 e. The third kappa shape index (κ3) is 5.19. The molecule has 0 radical (unpaired) electrons. The van der Waals surface area contributed by atoms with Crippen molar-refractivity contribution in [2.45, 2.75) is 19.8 Å². The van der Waals surface area contributed by atoms with E-state index in [0.29, 0.717) is 57.5 Å². The Morgan fingerprint density at radius 1 is 1.03 bits per heavy atom. The van der Waals surface area contributed by atoms with E-state index in [-0.39, 0.29) is 11.4 Å². The first kappa shape index (κ1) is 24.9. The average molecular weight is 522 g/mol. The van der Waals surface area contributed by atoms with Crippen LogP contribution in [0, 0.1) is 11.8 Å². The van der Waals surface area contributed by atoms with E-state index in [1.807, 2.05) is 42.5 Å². The summed E-state index contributed by atoms with van der Waals surface area (Å²) in [5.74, 6) is 7.46. The maximum Gasteiger partial charge on any atom is 0.267 e. The van der Waals surface area contributed by atoms with Crippen molar-refractivity contribution < 1.29 is 0 Å². The lowest BCUT2D eigenvalue weighted by Crippen LogP contribution is -2.25. The molecular formula is C29H24ClN7O. The Balaban J connectivity index is 1.46. The molecule has 38 heavy (non-hydrogen) atoms. The number of aromatic nitrogens is 5. The van der Waals surface area contributed by atoms with Crippen LogP contribution in [0.3, 0.4) is 0 Å². The van der Waals surface area contributed by atoms with E-state index in [0.717, 1.165) is 12.0 Å². The van der Waals surface area contributed by atoms with Crippen molar-refractivity contribution in [3.05, 3.63) is 111 Å². The number of nitrogens with zero attached hydrogens (tertiary/aromatic N) is 5. The van der Waals surface area contributed by atoms with Crippen LogP contribution in [-0.4, -0.2) is 31.0 Å². The topological polar surface area (TPSA) is 112 Å². The molecule has 0 bridgehead atoms. The molecule has 0 atom stereocenters. The smallest absolute Gasteiger partial charge is 0.267 e. The molecule has 8 nitrogen and oxygen atoms in total. The Kier molecular flexibility index (Phi) is 7.29. The summed E-state index contributed by atoms with van der Waals surface area (Å²) in [6, 6.07) is 18.5. The number of para-hydroxylation sites is 1. The van der Waals surface area contributed by atoms with Crippen LogP contribution in [0.5, 0.6) is 0 Å². The number of rotatable bonds is 6. The fourth-order valence-electron chi connectivity index (χ4n) is 4.09. The minimum Gasteiger partial charge on any atom is -0.382 e. The first-order valence-electron chi connectivity index (χ1n) is 12.1. The second kappa shape index (κ2) is 11.1. The van der Waals surface area contributed by atoms with E-state index >= 15 is 0 Å². The normalized spacial score (nSPS) is 10.7. The number of hydrogen-bond acceptors (Lipinski definition) is 7. The number of hydrogen-bond donors (Lipinski definition) is 2. The molecule has 0 unspecified atom stereocenters. The molecule has 0 aliphatic rings. The van der Waals surface area contributed by atoms with E-state index in [1.165, 1.54) is 6.33 Å². The summed E-state index contributed by atoms with van der Waals surface area (Å²) in [7, 11) is 0. The number of pyridine rings is 1. The van der Waals surface area contributed by atoms with E-state index in [4.69, 9.17) is 22.3 Å². The average Bonchev–Trinajstić information content (AvgIpc) is 2.93. The van der Waals surface area contributed by atoms with Crippen LogP contribution < -0.4 is 16.6 Å². The van der Waals surface area contributed by atoms with Gasteiger partial charge in [-0.2, -0.15) is 0 Å². The van der Waals surface area contributed by atoms with Gasteiger partial charge in [0.05, 0.1) is 21.6 Å². The molecule has 5 aromatic rings. The zero-order valence-electron chi connectivity index (χ0n) is 20.6. The number of nitrogens with two attached hydrogens (primary N) is 1. The summed E-state index contributed by atoms with van der Waals surface area (Å²) < 4.78 is 1.59. The van der Waals surface area contributed by atoms with Crippen LogP contribution >= 0.6 is 11.6 Å². The molecule has 0 saturated carbocycles. The summed E-state index contributed by atoms with van der Waals surface area (Å²) in [5.41, 5.74) is 9.44. The van der Waals surface area contributed by atoms with Gasteiger partial charge in [0.25, 0.3) is 5.56 Å². The Hall–Kier alpha value is -4.74. The molecule has 0 saturated heterocycles. The van der Waals surface area contributed by atoms with Gasteiger partial charge in [-0.25, -0.2) is 19.9 Å². The van der Waals surface area contributed by atoms with Crippen LogP contribution in [0.15, 0.2) is 78.0 Å². The molecular weight excluding hydrogens is 498 g/mol. The third-order valence-corrected chi connectivity index (χ3v) is 6.31. The second-order valence-corrected chi connectivity index (χ2v) is 8.86. The molecule has 9 heteroatoms. The highest BCUT2D eigenvalue weighted by Gasteiger charge is 2.15. The maximum absolute atomic E-state index is 13.5. The second-order valence-electron chi connectivity index (χ2n) is 8.45. The van der Waals surface area contributed by atoms with Crippen molar-refractivity contribution in [3.63, 3.8) is 0 Å². The molecule has 188 valence electrons. The molecule has 0 aliphatic carbocycles. The Bertz CT molecular complexity index is 1740. The van der Waals surface area contributed by atoms with Crippen molar-refractivity contribution in [2.24, 2.45) is 0 Å². The van der Waals surface area contributed by atoms with Crippen molar-refractivity contribution in [3.8, 4) is 17.5 Å². The van der Waals surface area contributed by atoms with Gasteiger partial charge in [-0.1, -0.05) is 48.7 Å². The lowest BCUT2D eigenvalue weighted by atomic mass is 10.2. The Morgan fingerprint density at radius 3 is 2.68 bits per heavy atom. The fourth-order valence-corrected chi connectivity index (χ4v) is 4.34. The molecule has 0 fully saturated rings. The number of nitrogens with one attached hydrogen (secondary N) is 1. The minimum absolute atomic E-state index is 0.221. The van der Waals surface area contributed by atoms with Gasteiger partial charge < -0.3 is 11.1 Å². The number of fused-ring (bicyclic) bond motifs is 1. The lowest BCUT2D eigenvalue weighted by molar-refractivity contribution is 0.809. The van der Waals surface area contributed by atoms with Gasteiger partial charge in [-0.15, -0.1) is 0 Å². The van der Waals surface area contributed by atoms with Gasteiger partial charge in [0.1, 0.15) is 35.0 Å². The van der Waals surface area contributed by atoms with E-state index in [1.54, 1.807) is 29.0 Å². The molecule has 0 spiro atoms. The van der Waals surface area contributed by atoms with Crippen molar-refractivity contribution >= 4 is 34.1 Å².